The molecule has 1 heterocycles. The van der Waals surface area contributed by atoms with Gasteiger partial charge in [0.2, 0.25) is 20.9 Å². The van der Waals surface area contributed by atoms with Gasteiger partial charge in [-0.05, 0) is 31.2 Å². The molecule has 1 aromatic heterocycles. The third kappa shape index (κ3) is 6.10. The number of sulfone groups is 1. The highest BCUT2D eigenvalue weighted by Crippen LogP contribution is 2.26. The van der Waals surface area contributed by atoms with Crippen LogP contribution in [-0.2, 0) is 19.4 Å². The normalized spacial score (nSPS) is 11.3. The monoisotopic (exact) mass is 452 g/mol. The van der Waals surface area contributed by atoms with Crippen molar-refractivity contribution in [2.75, 3.05) is 23.0 Å². The number of halogens is 2. The smallest absolute Gasteiger partial charge is 0.413 e. The van der Waals surface area contributed by atoms with E-state index in [0.29, 0.717) is 4.34 Å². The van der Waals surface area contributed by atoms with Gasteiger partial charge < -0.3 is 10.1 Å². The van der Waals surface area contributed by atoms with E-state index in [1.807, 2.05) is 0 Å². The van der Waals surface area contributed by atoms with Gasteiger partial charge in [0.05, 0.1) is 17.3 Å². The van der Waals surface area contributed by atoms with Gasteiger partial charge in [0, 0.05) is 5.69 Å². The number of benzene rings is 1. The summed E-state index contributed by atoms with van der Waals surface area (Å²) in [4.78, 5) is 22.7. The van der Waals surface area contributed by atoms with Crippen LogP contribution in [0.3, 0.4) is 0 Å². The predicted molar refractivity (Wildman–Crippen MR) is 99.5 cm³/mol. The average molecular weight is 452 g/mol. The Balaban J connectivity index is 1.86. The van der Waals surface area contributed by atoms with Crippen LogP contribution < -0.4 is 10.6 Å². The fourth-order valence-corrected chi connectivity index (χ4v) is 3.99. The summed E-state index contributed by atoms with van der Waals surface area (Å²) in [6.07, 6.45) is -0.662. The van der Waals surface area contributed by atoms with Gasteiger partial charge >= 0.3 is 11.9 Å². The van der Waals surface area contributed by atoms with Crippen molar-refractivity contribution < 1.29 is 31.5 Å². The number of ether oxygens (including phenoxy) is 1. The molecule has 0 aliphatic rings. The van der Waals surface area contributed by atoms with Crippen LogP contribution in [0.4, 0.5) is 24.4 Å². The number of rotatable bonds is 8. The fourth-order valence-electron chi connectivity index (χ4n) is 1.73. The molecule has 0 unspecified atom stereocenters. The van der Waals surface area contributed by atoms with Gasteiger partial charge in [-0.1, -0.05) is 23.1 Å². The van der Waals surface area contributed by atoms with Crippen LogP contribution in [0.25, 0.3) is 0 Å². The lowest BCUT2D eigenvalue weighted by Gasteiger charge is -2.06. The summed E-state index contributed by atoms with van der Waals surface area (Å²) < 4.78 is 52.8. The maximum Gasteiger partial charge on any atom is 0.413 e. The second-order valence-corrected chi connectivity index (χ2v) is 9.00. The van der Waals surface area contributed by atoms with Crippen LogP contribution in [0.15, 0.2) is 33.5 Å². The number of anilines is 2. The van der Waals surface area contributed by atoms with E-state index in [1.54, 1.807) is 6.92 Å². The minimum absolute atomic E-state index is 0.0366. The summed E-state index contributed by atoms with van der Waals surface area (Å²) in [5.41, 5.74) is 0.251. The summed E-state index contributed by atoms with van der Waals surface area (Å²) in [6.45, 7) is 1.87. The molecule has 0 aliphatic carbocycles. The van der Waals surface area contributed by atoms with E-state index < -0.39 is 32.5 Å². The summed E-state index contributed by atoms with van der Waals surface area (Å²) in [6, 6.07) is 4.40. The van der Waals surface area contributed by atoms with Gasteiger partial charge in [-0.3, -0.25) is 10.1 Å². The Morgan fingerprint density at radius 1 is 1.21 bits per heavy atom. The Kier molecular flexibility index (Phi) is 7.65. The summed E-state index contributed by atoms with van der Waals surface area (Å²) in [7, 11) is -4.68. The summed E-state index contributed by atoms with van der Waals surface area (Å²) in [5.74, 6) is -3.98. The van der Waals surface area contributed by atoms with E-state index in [9.17, 15) is 26.8 Å². The minimum Gasteiger partial charge on any atom is -0.450 e. The highest BCUT2D eigenvalue weighted by Gasteiger charge is 2.26. The molecule has 2 aromatic rings. The van der Waals surface area contributed by atoms with E-state index in [4.69, 9.17) is 4.74 Å². The molecule has 2 N–H and O–H groups in total. The van der Waals surface area contributed by atoms with Crippen molar-refractivity contribution in [3.63, 3.8) is 0 Å². The highest BCUT2D eigenvalue weighted by molar-refractivity contribution is 8.01. The Labute approximate surface area is 166 Å². The van der Waals surface area contributed by atoms with Gasteiger partial charge in [-0.2, -0.15) is 8.78 Å². The van der Waals surface area contributed by atoms with Crippen LogP contribution in [0, 0.1) is 0 Å². The zero-order valence-electron chi connectivity index (χ0n) is 14.2. The molecule has 0 radical (unpaired) electrons. The largest absolute Gasteiger partial charge is 0.450 e. The molecular formula is C14H14F2N4O5S3. The van der Waals surface area contributed by atoms with Crippen molar-refractivity contribution in [2.24, 2.45) is 0 Å². The molecule has 0 saturated heterocycles. The van der Waals surface area contributed by atoms with E-state index >= 15 is 0 Å². The molecule has 0 atom stereocenters. The summed E-state index contributed by atoms with van der Waals surface area (Å²) >= 11 is 2.12. The number of hydrogen-bond acceptors (Lipinski definition) is 9. The number of hydrogen-bond donors (Lipinski definition) is 2. The molecule has 0 fully saturated rings. The quantitative estimate of drug-likeness (QED) is 0.462. The third-order valence-corrected chi connectivity index (χ3v) is 6.29. The van der Waals surface area contributed by atoms with Crippen molar-refractivity contribution in [3.8, 4) is 0 Å². The van der Waals surface area contributed by atoms with Gasteiger partial charge in [0.15, 0.2) is 4.34 Å². The van der Waals surface area contributed by atoms with Crippen LogP contribution in [0.1, 0.15) is 6.92 Å². The van der Waals surface area contributed by atoms with Crippen molar-refractivity contribution in [1.29, 1.82) is 0 Å². The lowest BCUT2D eigenvalue weighted by Crippen LogP contribution is -2.14. The lowest BCUT2D eigenvalue weighted by atomic mass is 10.3. The van der Waals surface area contributed by atoms with Crippen LogP contribution in [-0.4, -0.2) is 48.7 Å². The second kappa shape index (κ2) is 9.75. The first kappa shape index (κ1) is 22.0. The molecule has 14 heteroatoms. The topological polar surface area (TPSA) is 127 Å². The fraction of sp³-hybridized carbons (Fsp3) is 0.286. The van der Waals surface area contributed by atoms with Crippen molar-refractivity contribution in [3.05, 3.63) is 24.3 Å². The van der Waals surface area contributed by atoms with E-state index in [2.05, 4.69) is 20.8 Å². The molecular weight excluding hydrogens is 438 g/mol. The number of carbonyl (C=O) groups is 2. The maximum atomic E-state index is 12.5. The molecule has 0 spiro atoms. The van der Waals surface area contributed by atoms with Crippen LogP contribution >= 0.6 is 23.1 Å². The molecule has 0 saturated carbocycles. The van der Waals surface area contributed by atoms with Crippen LogP contribution in [0.2, 0.25) is 0 Å². The number of amides is 2. The molecule has 0 bridgehead atoms. The SMILES string of the molecule is CCOC(=O)Nc1nnc(SCC(=O)Nc2ccc(S(=O)(=O)C(F)F)cc2)s1. The molecule has 9 nitrogen and oxygen atoms in total. The van der Waals surface area contributed by atoms with Crippen molar-refractivity contribution >= 4 is 55.8 Å². The molecule has 2 rings (SSSR count). The predicted octanol–water partition coefficient (Wildman–Crippen LogP) is 2.83. The van der Waals surface area contributed by atoms with E-state index in [0.717, 1.165) is 35.2 Å². The third-order valence-electron chi connectivity index (χ3n) is 2.92. The first-order chi connectivity index (χ1) is 13.2. The Morgan fingerprint density at radius 2 is 1.89 bits per heavy atom. The van der Waals surface area contributed by atoms with Crippen molar-refractivity contribution in [1.82, 2.24) is 10.2 Å². The number of thioether (sulfide) groups is 1. The first-order valence-electron chi connectivity index (χ1n) is 7.54. The summed E-state index contributed by atoms with van der Waals surface area (Å²) in [5, 5.41) is 12.6. The van der Waals surface area contributed by atoms with E-state index in [-0.39, 0.29) is 23.2 Å². The first-order valence-corrected chi connectivity index (χ1v) is 10.9. The van der Waals surface area contributed by atoms with Gasteiger partial charge in [0.1, 0.15) is 0 Å². The van der Waals surface area contributed by atoms with Gasteiger partial charge in [-0.15, -0.1) is 10.2 Å². The Hall–Kier alpha value is -2.32. The minimum atomic E-state index is -4.68. The zero-order valence-corrected chi connectivity index (χ0v) is 16.7. The van der Waals surface area contributed by atoms with Gasteiger partial charge in [-0.25, -0.2) is 13.2 Å². The average Bonchev–Trinajstić information content (AvgIpc) is 3.08. The Bertz CT molecular complexity index is 935. The van der Waals surface area contributed by atoms with Crippen LogP contribution in [0.5, 0.6) is 0 Å². The number of aromatic nitrogens is 2. The lowest BCUT2D eigenvalue weighted by molar-refractivity contribution is -0.113. The van der Waals surface area contributed by atoms with E-state index in [1.165, 1.54) is 12.1 Å². The number of alkyl halides is 2. The highest BCUT2D eigenvalue weighted by atomic mass is 32.2. The zero-order chi connectivity index (χ0) is 20.7. The number of nitrogens with zero attached hydrogens (tertiary/aromatic N) is 2. The maximum absolute atomic E-state index is 12.5. The molecule has 152 valence electrons. The molecule has 2 amide bonds. The standard InChI is InChI=1S/C14H14F2N4O5S3/c1-2-25-13(22)18-12-19-20-14(27-12)26-7-10(21)17-8-3-5-9(6-4-8)28(23,24)11(15)16/h3-6,11H,2,7H2,1H3,(H,17,21)(H,18,19,22). The number of carbonyl (C=O) groups excluding carboxylic acids is 2. The Morgan fingerprint density at radius 3 is 2.50 bits per heavy atom. The molecule has 0 aliphatic heterocycles. The second-order valence-electron chi connectivity index (χ2n) is 4.89. The van der Waals surface area contributed by atoms with Gasteiger partial charge in [0.25, 0.3) is 0 Å². The molecule has 1 aromatic carbocycles. The molecule has 28 heavy (non-hydrogen) atoms. The number of nitrogens with one attached hydrogen (secondary N) is 2. The van der Waals surface area contributed by atoms with Crippen molar-refractivity contribution in [2.45, 2.75) is 21.9 Å².